The van der Waals surface area contributed by atoms with E-state index in [9.17, 15) is 0 Å². The molecule has 0 saturated heterocycles. The molecular weight excluding hydrogens is 275 g/mol. The molecule has 2 aliphatic heterocycles. The van der Waals surface area contributed by atoms with E-state index in [1.807, 2.05) is 27.7 Å². The van der Waals surface area contributed by atoms with Crippen molar-refractivity contribution in [2.75, 3.05) is 0 Å². The first-order valence-electron chi connectivity index (χ1n) is 9.41. The fourth-order valence-corrected chi connectivity index (χ4v) is 4.31. The van der Waals surface area contributed by atoms with Gasteiger partial charge in [0, 0.05) is 0 Å². The maximum Gasteiger partial charge on any atom is 0.187 e. The Kier molecular flexibility index (Phi) is 5.73. The second-order valence-electron chi connectivity index (χ2n) is 6.59. The number of rotatable bonds is 0. The summed E-state index contributed by atoms with van der Waals surface area (Å²) in [5.41, 5.74) is 7.74. The molecule has 0 fully saturated rings. The van der Waals surface area contributed by atoms with E-state index in [1.165, 1.54) is 35.9 Å². The second-order valence-corrected chi connectivity index (χ2v) is 6.59. The first kappa shape index (κ1) is 17.9. The molecule has 0 nitrogen and oxygen atoms in total. The van der Waals surface area contributed by atoms with Gasteiger partial charge < -0.3 is 0 Å². The molecule has 0 spiro atoms. The zero-order valence-corrected chi connectivity index (χ0v) is 15.7. The molecule has 0 saturated carbocycles. The lowest BCUT2D eigenvalue weighted by molar-refractivity contribution is 0.716. The lowest BCUT2D eigenvalue weighted by Gasteiger charge is -2.43. The monoisotopic (exact) mass is 306 g/mol. The molecule has 0 unspecified atom stereocenters. The molecule has 0 aromatic heterocycles. The van der Waals surface area contributed by atoms with Crippen molar-refractivity contribution in [3.05, 3.63) is 53.6 Å². The Hall–Kier alpha value is -1.50. The molecule has 23 heavy (non-hydrogen) atoms. The predicted octanol–water partition coefficient (Wildman–Crippen LogP) is 5.88. The van der Waals surface area contributed by atoms with Gasteiger partial charge in [-0.25, -0.2) is 0 Å². The normalized spacial score (nSPS) is 16.0. The van der Waals surface area contributed by atoms with Crippen LogP contribution in [0.5, 0.6) is 0 Å². The lowest BCUT2D eigenvalue weighted by atomic mass is 9.23. The smallest absolute Gasteiger partial charge is 0.0687 e. The standard InChI is InChI=1S/C18H19B.2C2H6/c1-18(2)16-11-4-3-9-14(16)15-10-5-7-13-8-6-12-19(18)17(13)15;2*1-2/h3-5,7,9-11H,6,8,12H2,1-2H3;2*1-2H3. The van der Waals surface area contributed by atoms with Crippen LogP contribution in [-0.2, 0) is 11.7 Å². The van der Waals surface area contributed by atoms with Crippen molar-refractivity contribution in [1.29, 1.82) is 0 Å². The molecule has 0 aliphatic carbocycles. The van der Waals surface area contributed by atoms with Crippen LogP contribution in [0.25, 0.3) is 11.1 Å². The van der Waals surface area contributed by atoms with Gasteiger partial charge in [0.15, 0.2) is 6.71 Å². The van der Waals surface area contributed by atoms with Gasteiger partial charge in [-0.1, -0.05) is 108 Å². The van der Waals surface area contributed by atoms with Gasteiger partial charge in [0.2, 0.25) is 0 Å². The number of benzene rings is 2. The average Bonchev–Trinajstić information content (AvgIpc) is 2.63. The summed E-state index contributed by atoms with van der Waals surface area (Å²) in [7, 11) is 0. The van der Waals surface area contributed by atoms with Gasteiger partial charge in [-0.15, -0.1) is 0 Å². The third-order valence-corrected chi connectivity index (χ3v) is 5.27. The van der Waals surface area contributed by atoms with Crippen LogP contribution in [0.4, 0.5) is 0 Å². The highest BCUT2D eigenvalue weighted by atomic mass is 14.3. The van der Waals surface area contributed by atoms with Crippen molar-refractivity contribution in [3.63, 3.8) is 0 Å². The molecule has 2 heterocycles. The summed E-state index contributed by atoms with van der Waals surface area (Å²) >= 11 is 0. The molecule has 0 atom stereocenters. The van der Waals surface area contributed by atoms with Crippen LogP contribution in [0.1, 0.15) is 59.1 Å². The van der Waals surface area contributed by atoms with Gasteiger partial charge in [0.1, 0.15) is 0 Å². The van der Waals surface area contributed by atoms with Crippen LogP contribution >= 0.6 is 0 Å². The van der Waals surface area contributed by atoms with E-state index in [4.69, 9.17) is 0 Å². The molecule has 122 valence electrons. The number of aryl methyl sites for hydroxylation is 1. The highest BCUT2D eigenvalue weighted by molar-refractivity contribution is 6.78. The highest BCUT2D eigenvalue weighted by Crippen LogP contribution is 2.42. The van der Waals surface area contributed by atoms with Crippen LogP contribution in [-0.4, -0.2) is 6.71 Å². The van der Waals surface area contributed by atoms with Crippen molar-refractivity contribution >= 4 is 12.2 Å². The van der Waals surface area contributed by atoms with Crippen molar-refractivity contribution < 1.29 is 0 Å². The molecule has 2 aliphatic rings. The van der Waals surface area contributed by atoms with Crippen LogP contribution in [0.3, 0.4) is 0 Å². The van der Waals surface area contributed by atoms with E-state index in [2.05, 4.69) is 56.3 Å². The van der Waals surface area contributed by atoms with Gasteiger partial charge in [0.25, 0.3) is 0 Å². The van der Waals surface area contributed by atoms with Crippen LogP contribution in [0.15, 0.2) is 42.5 Å². The van der Waals surface area contributed by atoms with Crippen LogP contribution in [0, 0.1) is 0 Å². The lowest BCUT2D eigenvalue weighted by Crippen LogP contribution is -2.53. The topological polar surface area (TPSA) is 0 Å². The Morgan fingerprint density at radius 3 is 2.22 bits per heavy atom. The Balaban J connectivity index is 0.000000448. The number of hydrogen-bond donors (Lipinski definition) is 0. The predicted molar refractivity (Wildman–Crippen MR) is 106 cm³/mol. The van der Waals surface area contributed by atoms with Crippen molar-refractivity contribution in [2.45, 2.75) is 66.0 Å². The van der Waals surface area contributed by atoms with Crippen molar-refractivity contribution in [2.24, 2.45) is 0 Å². The summed E-state index contributed by atoms with van der Waals surface area (Å²) in [4.78, 5) is 0. The van der Waals surface area contributed by atoms with E-state index in [0.29, 0.717) is 6.71 Å². The summed E-state index contributed by atoms with van der Waals surface area (Å²) < 4.78 is 0. The average molecular weight is 306 g/mol. The molecule has 1 heteroatoms. The van der Waals surface area contributed by atoms with Gasteiger partial charge in [-0.2, -0.15) is 0 Å². The van der Waals surface area contributed by atoms with Crippen molar-refractivity contribution in [1.82, 2.24) is 0 Å². The highest BCUT2D eigenvalue weighted by Gasteiger charge is 2.44. The van der Waals surface area contributed by atoms with Gasteiger partial charge in [-0.05, 0) is 28.4 Å². The minimum absolute atomic E-state index is 0.264. The maximum atomic E-state index is 2.43. The molecule has 2 aromatic carbocycles. The number of hydrogen-bond acceptors (Lipinski definition) is 0. The second kappa shape index (κ2) is 7.38. The first-order chi connectivity index (χ1) is 11.2. The Labute approximate surface area is 143 Å². The zero-order chi connectivity index (χ0) is 17.0. The Bertz CT molecular complexity index is 655. The Morgan fingerprint density at radius 1 is 0.826 bits per heavy atom. The van der Waals surface area contributed by atoms with Gasteiger partial charge in [0.05, 0.1) is 0 Å². The number of fused-ring (bicyclic) bond motifs is 2. The molecule has 2 aromatic rings. The van der Waals surface area contributed by atoms with E-state index in [-0.39, 0.29) is 5.31 Å². The summed E-state index contributed by atoms with van der Waals surface area (Å²) in [6, 6.07) is 15.9. The summed E-state index contributed by atoms with van der Waals surface area (Å²) in [6.07, 6.45) is 3.94. The fraction of sp³-hybridized carbons (Fsp3) is 0.455. The molecular formula is C22H31B. The minimum Gasteiger partial charge on any atom is -0.0687 e. The zero-order valence-electron chi connectivity index (χ0n) is 15.7. The van der Waals surface area contributed by atoms with Crippen LogP contribution in [0.2, 0.25) is 6.32 Å². The largest absolute Gasteiger partial charge is 0.187 e. The van der Waals surface area contributed by atoms with Crippen LogP contribution < -0.4 is 5.46 Å². The van der Waals surface area contributed by atoms with E-state index in [1.54, 1.807) is 11.0 Å². The summed E-state index contributed by atoms with van der Waals surface area (Å²) in [6.45, 7) is 13.6. The first-order valence-corrected chi connectivity index (χ1v) is 9.41. The van der Waals surface area contributed by atoms with E-state index in [0.717, 1.165) is 0 Å². The molecule has 4 rings (SSSR count). The molecule has 0 amide bonds. The molecule has 0 bridgehead atoms. The van der Waals surface area contributed by atoms with E-state index >= 15 is 0 Å². The van der Waals surface area contributed by atoms with Crippen molar-refractivity contribution in [3.8, 4) is 11.1 Å². The molecule has 0 radical (unpaired) electrons. The summed E-state index contributed by atoms with van der Waals surface area (Å²) in [5, 5.41) is 0.264. The fourth-order valence-electron chi connectivity index (χ4n) is 4.31. The van der Waals surface area contributed by atoms with Gasteiger partial charge in [-0.3, -0.25) is 0 Å². The SMILES string of the molecule is CC.CC.CC1(C)B2CCCc3cccc(c32)-c2ccccc21. The molecule has 0 N–H and O–H groups in total. The minimum atomic E-state index is 0.264. The Morgan fingerprint density at radius 2 is 1.48 bits per heavy atom. The maximum absolute atomic E-state index is 2.43. The third-order valence-electron chi connectivity index (χ3n) is 5.27. The third kappa shape index (κ3) is 2.87. The quantitative estimate of drug-likeness (QED) is 0.533. The summed E-state index contributed by atoms with van der Waals surface area (Å²) in [5.74, 6) is 0. The van der Waals surface area contributed by atoms with Gasteiger partial charge >= 0.3 is 0 Å². The van der Waals surface area contributed by atoms with E-state index < -0.39 is 0 Å².